The smallest absolute Gasteiger partial charge is 0.138 e. The molecule has 5 heteroatoms. The van der Waals surface area contributed by atoms with Gasteiger partial charge in [0, 0.05) is 5.69 Å². The molecule has 0 amide bonds. The van der Waals surface area contributed by atoms with Crippen molar-refractivity contribution in [2.45, 2.75) is 32.9 Å². The highest BCUT2D eigenvalue weighted by Gasteiger charge is 2.23. The maximum Gasteiger partial charge on any atom is 0.138 e. The van der Waals surface area contributed by atoms with Crippen molar-refractivity contribution in [2.75, 3.05) is 12.3 Å². The molecule has 0 fully saturated rings. The van der Waals surface area contributed by atoms with Gasteiger partial charge in [0.15, 0.2) is 0 Å². The van der Waals surface area contributed by atoms with Crippen molar-refractivity contribution in [2.24, 2.45) is 5.92 Å². The van der Waals surface area contributed by atoms with Gasteiger partial charge in [0.25, 0.3) is 0 Å². The summed E-state index contributed by atoms with van der Waals surface area (Å²) in [6.07, 6.45) is -0.693. The van der Waals surface area contributed by atoms with Crippen LogP contribution < -0.4 is 5.73 Å². The SMILES string of the molecule is CC(O)c1nc2cc(N)ccc2n1C(CO)C(C)C. The summed E-state index contributed by atoms with van der Waals surface area (Å²) in [5.74, 6) is 0.797. The molecule has 2 unspecified atom stereocenters. The largest absolute Gasteiger partial charge is 0.399 e. The number of aliphatic hydroxyl groups is 2. The van der Waals surface area contributed by atoms with Gasteiger partial charge in [-0.25, -0.2) is 4.98 Å². The molecule has 0 bridgehead atoms. The molecule has 4 N–H and O–H groups in total. The molecular weight excluding hydrogens is 242 g/mol. The Morgan fingerprint density at radius 2 is 2.00 bits per heavy atom. The van der Waals surface area contributed by atoms with E-state index in [2.05, 4.69) is 4.98 Å². The van der Waals surface area contributed by atoms with E-state index in [1.54, 1.807) is 19.1 Å². The number of fused-ring (bicyclic) bond motifs is 1. The fourth-order valence-corrected chi connectivity index (χ4v) is 2.37. The van der Waals surface area contributed by atoms with E-state index in [-0.39, 0.29) is 18.6 Å². The van der Waals surface area contributed by atoms with Gasteiger partial charge in [0.05, 0.1) is 23.7 Å². The fourth-order valence-electron chi connectivity index (χ4n) is 2.37. The number of nitrogens with zero attached hydrogens (tertiary/aromatic N) is 2. The molecule has 0 aliphatic carbocycles. The molecule has 0 saturated carbocycles. The molecule has 0 radical (unpaired) electrons. The van der Waals surface area contributed by atoms with Crippen LogP contribution in [-0.4, -0.2) is 26.4 Å². The average Bonchev–Trinajstić information content (AvgIpc) is 2.68. The fraction of sp³-hybridized carbons (Fsp3) is 0.500. The van der Waals surface area contributed by atoms with E-state index < -0.39 is 6.10 Å². The Morgan fingerprint density at radius 1 is 1.32 bits per heavy atom. The lowest BCUT2D eigenvalue weighted by Crippen LogP contribution is -2.22. The van der Waals surface area contributed by atoms with Crippen molar-refractivity contribution in [3.8, 4) is 0 Å². The van der Waals surface area contributed by atoms with Gasteiger partial charge in [-0.15, -0.1) is 0 Å². The molecule has 0 saturated heterocycles. The maximum absolute atomic E-state index is 9.90. The Morgan fingerprint density at radius 3 is 2.53 bits per heavy atom. The zero-order valence-corrected chi connectivity index (χ0v) is 11.5. The number of benzene rings is 1. The van der Waals surface area contributed by atoms with E-state index in [1.807, 2.05) is 24.5 Å². The van der Waals surface area contributed by atoms with Crippen LogP contribution in [0.25, 0.3) is 11.0 Å². The molecule has 2 rings (SSSR count). The minimum Gasteiger partial charge on any atom is -0.399 e. The Balaban J connectivity index is 2.71. The minimum absolute atomic E-state index is 0.00717. The molecule has 0 spiro atoms. The van der Waals surface area contributed by atoms with Crippen LogP contribution in [0.15, 0.2) is 18.2 Å². The average molecular weight is 263 g/mol. The summed E-state index contributed by atoms with van der Waals surface area (Å²) >= 11 is 0. The van der Waals surface area contributed by atoms with Crippen LogP contribution in [0.4, 0.5) is 5.69 Å². The second-order valence-electron chi connectivity index (χ2n) is 5.26. The standard InChI is InChI=1S/C14H21N3O2/c1-8(2)13(7-18)17-12-5-4-10(15)6-11(12)16-14(17)9(3)19/h4-6,8-9,13,18-19H,7,15H2,1-3H3. The third kappa shape index (κ3) is 2.43. The second kappa shape index (κ2) is 5.19. The van der Waals surface area contributed by atoms with Crippen LogP contribution in [-0.2, 0) is 0 Å². The first-order valence-electron chi connectivity index (χ1n) is 6.52. The molecule has 19 heavy (non-hydrogen) atoms. The Labute approximate surface area is 112 Å². The maximum atomic E-state index is 9.90. The van der Waals surface area contributed by atoms with Gasteiger partial charge in [0.1, 0.15) is 11.9 Å². The molecule has 1 aromatic heterocycles. The number of imidazole rings is 1. The number of nitrogens with two attached hydrogens (primary N) is 1. The van der Waals surface area contributed by atoms with Crippen molar-refractivity contribution in [1.82, 2.24) is 9.55 Å². The third-order valence-electron chi connectivity index (χ3n) is 3.40. The molecule has 2 atom stereocenters. The molecule has 5 nitrogen and oxygen atoms in total. The highest BCUT2D eigenvalue weighted by Crippen LogP contribution is 2.29. The van der Waals surface area contributed by atoms with Crippen molar-refractivity contribution < 1.29 is 10.2 Å². The molecular formula is C14H21N3O2. The van der Waals surface area contributed by atoms with Crippen LogP contribution >= 0.6 is 0 Å². The zero-order valence-electron chi connectivity index (χ0n) is 11.5. The normalized spacial score (nSPS) is 15.1. The Hall–Kier alpha value is -1.59. The van der Waals surface area contributed by atoms with Crippen molar-refractivity contribution in [3.05, 3.63) is 24.0 Å². The number of rotatable bonds is 4. The van der Waals surface area contributed by atoms with Crippen molar-refractivity contribution in [3.63, 3.8) is 0 Å². The zero-order chi connectivity index (χ0) is 14.2. The highest BCUT2D eigenvalue weighted by molar-refractivity contribution is 5.80. The van der Waals surface area contributed by atoms with Gasteiger partial charge < -0.3 is 20.5 Å². The van der Waals surface area contributed by atoms with E-state index >= 15 is 0 Å². The molecule has 0 aliphatic heterocycles. The lowest BCUT2D eigenvalue weighted by atomic mass is 10.0. The Bertz CT molecular complexity index is 575. The monoisotopic (exact) mass is 263 g/mol. The molecule has 1 heterocycles. The van der Waals surface area contributed by atoms with Gasteiger partial charge in [-0.3, -0.25) is 0 Å². The van der Waals surface area contributed by atoms with Crippen molar-refractivity contribution in [1.29, 1.82) is 0 Å². The number of anilines is 1. The van der Waals surface area contributed by atoms with Gasteiger partial charge in [-0.1, -0.05) is 13.8 Å². The summed E-state index contributed by atoms with van der Waals surface area (Å²) in [6, 6.07) is 5.36. The summed E-state index contributed by atoms with van der Waals surface area (Å²) in [4.78, 5) is 4.45. The Kier molecular flexibility index (Phi) is 3.78. The first-order chi connectivity index (χ1) is 8.95. The number of nitrogen functional groups attached to an aromatic ring is 1. The molecule has 1 aromatic carbocycles. The summed E-state index contributed by atoms with van der Waals surface area (Å²) in [5.41, 5.74) is 8.04. The van der Waals surface area contributed by atoms with Crippen LogP contribution in [0.2, 0.25) is 0 Å². The van der Waals surface area contributed by atoms with Crippen LogP contribution in [0.5, 0.6) is 0 Å². The summed E-state index contributed by atoms with van der Waals surface area (Å²) < 4.78 is 1.92. The predicted molar refractivity (Wildman–Crippen MR) is 75.7 cm³/mol. The van der Waals surface area contributed by atoms with Crippen molar-refractivity contribution >= 4 is 16.7 Å². The summed E-state index contributed by atoms with van der Waals surface area (Å²) in [5, 5.41) is 19.5. The van der Waals surface area contributed by atoms with Crippen LogP contribution in [0.1, 0.15) is 38.7 Å². The number of hydrogen-bond acceptors (Lipinski definition) is 4. The van der Waals surface area contributed by atoms with E-state index in [0.717, 1.165) is 11.0 Å². The predicted octanol–water partition coefficient (Wildman–Crippen LogP) is 1.86. The third-order valence-corrected chi connectivity index (χ3v) is 3.40. The first kappa shape index (κ1) is 13.8. The number of aliphatic hydroxyl groups excluding tert-OH is 2. The second-order valence-corrected chi connectivity index (χ2v) is 5.26. The quantitative estimate of drug-likeness (QED) is 0.735. The summed E-state index contributed by atoms with van der Waals surface area (Å²) in [7, 11) is 0. The topological polar surface area (TPSA) is 84.3 Å². The lowest BCUT2D eigenvalue weighted by Gasteiger charge is -2.24. The van der Waals surface area contributed by atoms with Gasteiger partial charge in [-0.05, 0) is 31.0 Å². The van der Waals surface area contributed by atoms with Crippen LogP contribution in [0.3, 0.4) is 0 Å². The van der Waals surface area contributed by atoms with Gasteiger partial charge in [0.2, 0.25) is 0 Å². The van der Waals surface area contributed by atoms with Gasteiger partial charge >= 0.3 is 0 Å². The van der Waals surface area contributed by atoms with E-state index in [1.165, 1.54) is 0 Å². The first-order valence-corrected chi connectivity index (χ1v) is 6.52. The van der Waals surface area contributed by atoms with E-state index in [9.17, 15) is 10.2 Å². The van der Waals surface area contributed by atoms with Gasteiger partial charge in [-0.2, -0.15) is 0 Å². The molecule has 0 aliphatic rings. The van der Waals surface area contributed by atoms with E-state index in [4.69, 9.17) is 5.73 Å². The molecule has 104 valence electrons. The number of hydrogen-bond donors (Lipinski definition) is 3. The van der Waals surface area contributed by atoms with Crippen LogP contribution in [0, 0.1) is 5.92 Å². The highest BCUT2D eigenvalue weighted by atomic mass is 16.3. The number of aromatic nitrogens is 2. The molecule has 2 aromatic rings. The lowest BCUT2D eigenvalue weighted by molar-refractivity contribution is 0.157. The summed E-state index contributed by atoms with van der Waals surface area (Å²) in [6.45, 7) is 5.76. The van der Waals surface area contributed by atoms with E-state index in [0.29, 0.717) is 11.5 Å². The minimum atomic E-state index is -0.693.